The molecule has 2 heterocycles. The first-order chi connectivity index (χ1) is 13.2. The lowest BCUT2D eigenvalue weighted by Gasteiger charge is -2.34. The van der Waals surface area contributed by atoms with Crippen LogP contribution < -0.4 is 4.74 Å². The van der Waals surface area contributed by atoms with Crippen molar-refractivity contribution in [3.63, 3.8) is 0 Å². The van der Waals surface area contributed by atoms with Crippen LogP contribution in [-0.4, -0.2) is 42.2 Å². The first-order valence-corrected chi connectivity index (χ1v) is 9.59. The van der Waals surface area contributed by atoms with Gasteiger partial charge in [-0.05, 0) is 36.6 Å². The molecule has 1 aliphatic carbocycles. The fraction of sp³-hybridized carbons (Fsp3) is 0.409. The molecule has 2 aromatic rings. The number of carbonyl (C=O) groups is 1. The van der Waals surface area contributed by atoms with Crippen LogP contribution in [0.5, 0.6) is 11.5 Å². The van der Waals surface area contributed by atoms with Gasteiger partial charge in [0.05, 0.1) is 19.8 Å². The largest absolute Gasteiger partial charge is 0.508 e. The molecule has 5 heteroatoms. The molecule has 1 unspecified atom stereocenters. The second-order valence-corrected chi connectivity index (χ2v) is 7.75. The summed E-state index contributed by atoms with van der Waals surface area (Å²) >= 11 is 0. The van der Waals surface area contributed by atoms with Gasteiger partial charge in [0.2, 0.25) is 5.91 Å². The van der Waals surface area contributed by atoms with Crippen molar-refractivity contribution in [1.29, 1.82) is 0 Å². The predicted octanol–water partition coefficient (Wildman–Crippen LogP) is 3.03. The zero-order valence-electron chi connectivity index (χ0n) is 15.1. The van der Waals surface area contributed by atoms with Crippen molar-refractivity contribution in [2.24, 2.45) is 5.92 Å². The Morgan fingerprint density at radius 2 is 2.04 bits per heavy atom. The number of aromatic hydroxyl groups is 1. The first kappa shape index (κ1) is 16.6. The van der Waals surface area contributed by atoms with Crippen LogP contribution in [0.4, 0.5) is 0 Å². The lowest BCUT2D eigenvalue weighted by Crippen LogP contribution is -2.44. The maximum absolute atomic E-state index is 13.3. The van der Waals surface area contributed by atoms with Gasteiger partial charge in [-0.25, -0.2) is 0 Å². The number of benzene rings is 2. The summed E-state index contributed by atoms with van der Waals surface area (Å²) in [7, 11) is 0. The van der Waals surface area contributed by atoms with Crippen LogP contribution >= 0.6 is 0 Å². The first-order valence-electron chi connectivity index (χ1n) is 9.59. The summed E-state index contributed by atoms with van der Waals surface area (Å²) in [6, 6.07) is 15.2. The Labute approximate surface area is 158 Å². The summed E-state index contributed by atoms with van der Waals surface area (Å²) in [4.78, 5) is 15.2. The van der Waals surface area contributed by atoms with Crippen LogP contribution in [0.25, 0.3) is 0 Å². The zero-order valence-corrected chi connectivity index (χ0v) is 15.1. The Bertz CT molecular complexity index is 882. The van der Waals surface area contributed by atoms with E-state index < -0.39 is 0 Å². The highest BCUT2D eigenvalue weighted by Crippen LogP contribution is 2.61. The Balaban J connectivity index is 1.34. The number of ether oxygens (including phenoxy) is 2. The van der Waals surface area contributed by atoms with Gasteiger partial charge in [-0.15, -0.1) is 0 Å². The van der Waals surface area contributed by atoms with Crippen molar-refractivity contribution in [2.45, 2.75) is 24.4 Å². The normalized spacial score (nSPS) is 29.1. The monoisotopic (exact) mass is 365 g/mol. The molecule has 27 heavy (non-hydrogen) atoms. The molecule has 140 valence electrons. The minimum Gasteiger partial charge on any atom is -0.508 e. The Morgan fingerprint density at radius 1 is 1.15 bits per heavy atom. The third kappa shape index (κ3) is 2.77. The highest BCUT2D eigenvalue weighted by molar-refractivity contribution is 5.85. The number of phenolic OH excluding ortho intramolecular Hbond substituents is 1. The van der Waals surface area contributed by atoms with Gasteiger partial charge in [0.25, 0.3) is 0 Å². The van der Waals surface area contributed by atoms with Crippen LogP contribution in [0, 0.1) is 5.92 Å². The minimum atomic E-state index is -0.188. The molecule has 5 nitrogen and oxygen atoms in total. The van der Waals surface area contributed by atoms with Gasteiger partial charge < -0.3 is 19.5 Å². The summed E-state index contributed by atoms with van der Waals surface area (Å²) < 4.78 is 11.7. The van der Waals surface area contributed by atoms with Crippen molar-refractivity contribution in [3.05, 3.63) is 59.7 Å². The van der Waals surface area contributed by atoms with Gasteiger partial charge in [-0.2, -0.15) is 0 Å². The molecule has 1 saturated heterocycles. The van der Waals surface area contributed by atoms with Gasteiger partial charge in [-0.3, -0.25) is 4.79 Å². The summed E-state index contributed by atoms with van der Waals surface area (Å²) in [5.41, 5.74) is 2.05. The van der Waals surface area contributed by atoms with E-state index in [0.29, 0.717) is 26.3 Å². The van der Waals surface area contributed by atoms with E-state index in [1.807, 2.05) is 35.2 Å². The summed E-state index contributed by atoms with van der Waals surface area (Å²) in [6.45, 7) is 2.35. The molecule has 1 spiro atoms. The van der Waals surface area contributed by atoms with Crippen LogP contribution in [0.2, 0.25) is 0 Å². The van der Waals surface area contributed by atoms with Crippen molar-refractivity contribution < 1.29 is 19.4 Å². The number of fused-ring (bicyclic) bond motifs is 2. The number of hydrogen-bond donors (Lipinski definition) is 1. The van der Waals surface area contributed by atoms with Gasteiger partial charge >= 0.3 is 0 Å². The molecule has 1 amide bonds. The number of morpholine rings is 1. The molecule has 2 aliphatic heterocycles. The van der Waals surface area contributed by atoms with E-state index in [9.17, 15) is 9.90 Å². The Morgan fingerprint density at radius 3 is 2.93 bits per heavy atom. The number of para-hydroxylation sites is 1. The van der Waals surface area contributed by atoms with Gasteiger partial charge in [-0.1, -0.05) is 30.3 Å². The van der Waals surface area contributed by atoms with Gasteiger partial charge in [0.15, 0.2) is 0 Å². The van der Waals surface area contributed by atoms with Crippen molar-refractivity contribution in [1.82, 2.24) is 4.90 Å². The maximum Gasteiger partial charge on any atom is 0.226 e. The molecule has 2 fully saturated rings. The Kier molecular flexibility index (Phi) is 3.86. The average Bonchev–Trinajstić information content (AvgIpc) is 3.42. The number of hydrogen-bond acceptors (Lipinski definition) is 4. The molecular weight excluding hydrogens is 342 g/mol. The number of rotatable bonds is 2. The molecule has 0 aromatic heterocycles. The maximum atomic E-state index is 13.3. The fourth-order valence-corrected chi connectivity index (χ4v) is 4.68. The van der Waals surface area contributed by atoms with Crippen LogP contribution in [0.15, 0.2) is 48.5 Å². The number of nitrogens with zero attached hydrogens (tertiary/aromatic N) is 1. The summed E-state index contributed by atoms with van der Waals surface area (Å²) in [5.74, 6) is 1.41. The van der Waals surface area contributed by atoms with E-state index in [1.165, 1.54) is 5.56 Å². The molecule has 0 bridgehead atoms. The standard InChI is InChI=1S/C22H23NO4/c24-16-5-3-4-15(12-16)20-14-23(9-11-27-20)21(25)18-13-22(18)8-10-26-19-7-2-1-6-17(19)22/h1-7,12,18,20,24H,8-11,13-14H2/t18-,20?,22-/m0/s1. The molecule has 3 aliphatic rings. The van der Waals surface area contributed by atoms with E-state index >= 15 is 0 Å². The average molecular weight is 365 g/mol. The molecule has 3 atom stereocenters. The third-order valence-corrected chi connectivity index (χ3v) is 6.22. The van der Waals surface area contributed by atoms with E-state index in [-0.39, 0.29) is 29.1 Å². The highest BCUT2D eigenvalue weighted by Gasteiger charge is 2.61. The molecule has 1 saturated carbocycles. The molecule has 1 N–H and O–H groups in total. The van der Waals surface area contributed by atoms with Crippen molar-refractivity contribution in [2.75, 3.05) is 26.3 Å². The predicted molar refractivity (Wildman–Crippen MR) is 99.7 cm³/mol. The van der Waals surface area contributed by atoms with Crippen LogP contribution in [-0.2, 0) is 14.9 Å². The van der Waals surface area contributed by atoms with E-state index in [1.54, 1.807) is 12.1 Å². The highest BCUT2D eigenvalue weighted by atomic mass is 16.5. The zero-order chi connectivity index (χ0) is 18.4. The van der Waals surface area contributed by atoms with Crippen molar-refractivity contribution in [3.8, 4) is 11.5 Å². The second kappa shape index (κ2) is 6.27. The number of carbonyl (C=O) groups excluding carboxylic acids is 1. The van der Waals surface area contributed by atoms with Crippen molar-refractivity contribution >= 4 is 5.91 Å². The molecule has 0 radical (unpaired) electrons. The third-order valence-electron chi connectivity index (χ3n) is 6.22. The topological polar surface area (TPSA) is 59.0 Å². The minimum absolute atomic E-state index is 0.0328. The molecule has 5 rings (SSSR count). The molecular formula is C22H23NO4. The number of amides is 1. The SMILES string of the molecule is O=C([C@@H]1C[C@]12CCOc1ccccc12)N1CCOC(c2cccc(O)c2)C1. The Hall–Kier alpha value is -2.53. The van der Waals surface area contributed by atoms with E-state index in [0.717, 1.165) is 24.2 Å². The lowest BCUT2D eigenvalue weighted by molar-refractivity contribution is -0.141. The van der Waals surface area contributed by atoms with Gasteiger partial charge in [0.1, 0.15) is 17.6 Å². The van der Waals surface area contributed by atoms with Crippen LogP contribution in [0.1, 0.15) is 30.1 Å². The van der Waals surface area contributed by atoms with Gasteiger partial charge in [0, 0.05) is 23.4 Å². The quantitative estimate of drug-likeness (QED) is 0.889. The van der Waals surface area contributed by atoms with E-state index in [4.69, 9.17) is 9.47 Å². The number of phenols is 1. The second-order valence-electron chi connectivity index (χ2n) is 7.75. The summed E-state index contributed by atoms with van der Waals surface area (Å²) in [5, 5.41) is 9.73. The molecule has 2 aromatic carbocycles. The smallest absolute Gasteiger partial charge is 0.226 e. The summed E-state index contributed by atoms with van der Waals surface area (Å²) in [6.07, 6.45) is 1.62. The fourth-order valence-electron chi connectivity index (χ4n) is 4.68. The van der Waals surface area contributed by atoms with E-state index in [2.05, 4.69) is 6.07 Å². The lowest BCUT2D eigenvalue weighted by atomic mass is 9.87. The van der Waals surface area contributed by atoms with Crippen LogP contribution in [0.3, 0.4) is 0 Å².